The van der Waals surface area contributed by atoms with E-state index in [-0.39, 0.29) is 24.5 Å². The number of benzene rings is 2. The van der Waals surface area contributed by atoms with Crippen molar-refractivity contribution in [2.24, 2.45) is 14.1 Å². The Hall–Kier alpha value is -4.14. The molecule has 0 saturated heterocycles. The van der Waals surface area contributed by atoms with Gasteiger partial charge in [0.15, 0.2) is 0 Å². The van der Waals surface area contributed by atoms with E-state index in [1.165, 1.54) is 24.7 Å². The highest BCUT2D eigenvalue weighted by atomic mass is 16.5. The molecule has 33 heavy (non-hydrogen) atoms. The molecule has 0 atom stereocenters. The SMILES string of the molecule is Cc1noc(C)c1COc1cc2ccccc2cc1C(=O)OCc1cc(=O)n(C)c(=O)n1C. The summed E-state index contributed by atoms with van der Waals surface area (Å²) in [6.45, 7) is 3.54. The highest BCUT2D eigenvalue weighted by Crippen LogP contribution is 2.28. The van der Waals surface area contributed by atoms with Crippen molar-refractivity contribution in [3.8, 4) is 5.75 Å². The molecule has 9 heteroatoms. The van der Waals surface area contributed by atoms with Gasteiger partial charge in [0.1, 0.15) is 30.3 Å². The van der Waals surface area contributed by atoms with Crippen LogP contribution in [0.4, 0.5) is 0 Å². The highest BCUT2D eigenvalue weighted by molar-refractivity contribution is 5.98. The number of hydrogen-bond acceptors (Lipinski definition) is 7. The normalized spacial score (nSPS) is 11.0. The minimum absolute atomic E-state index is 0.170. The predicted octanol–water partition coefficient (Wildman–Crippen LogP) is 2.78. The van der Waals surface area contributed by atoms with Gasteiger partial charge in [0, 0.05) is 20.2 Å². The average Bonchev–Trinajstić information content (AvgIpc) is 3.13. The fraction of sp³-hybridized carbons (Fsp3) is 0.250. The van der Waals surface area contributed by atoms with Crippen molar-refractivity contribution in [3.63, 3.8) is 0 Å². The Labute approximate surface area is 188 Å². The zero-order chi connectivity index (χ0) is 23.7. The third-order valence-corrected chi connectivity index (χ3v) is 5.60. The second-order valence-corrected chi connectivity index (χ2v) is 7.74. The van der Waals surface area contributed by atoms with E-state index in [2.05, 4.69) is 5.16 Å². The van der Waals surface area contributed by atoms with Gasteiger partial charge in [-0.05, 0) is 36.8 Å². The summed E-state index contributed by atoms with van der Waals surface area (Å²) in [5, 5.41) is 5.67. The molecule has 0 unspecified atom stereocenters. The highest BCUT2D eigenvalue weighted by Gasteiger charge is 2.19. The lowest BCUT2D eigenvalue weighted by Crippen LogP contribution is -2.38. The molecule has 4 rings (SSSR count). The van der Waals surface area contributed by atoms with Crippen molar-refractivity contribution in [2.45, 2.75) is 27.1 Å². The first kappa shape index (κ1) is 22.1. The van der Waals surface area contributed by atoms with Crippen molar-refractivity contribution in [2.75, 3.05) is 0 Å². The maximum atomic E-state index is 13.0. The smallest absolute Gasteiger partial charge is 0.342 e. The van der Waals surface area contributed by atoms with Crippen LogP contribution in [0.25, 0.3) is 10.8 Å². The molecular weight excluding hydrogens is 426 g/mol. The Bertz CT molecular complexity index is 1460. The fourth-order valence-electron chi connectivity index (χ4n) is 3.49. The Morgan fingerprint density at radius 2 is 1.70 bits per heavy atom. The van der Waals surface area contributed by atoms with Gasteiger partial charge >= 0.3 is 11.7 Å². The molecule has 0 amide bonds. The van der Waals surface area contributed by atoms with Crippen LogP contribution in [0.2, 0.25) is 0 Å². The third kappa shape index (κ3) is 4.30. The van der Waals surface area contributed by atoms with Crippen LogP contribution in [0.15, 0.2) is 56.6 Å². The fourth-order valence-corrected chi connectivity index (χ4v) is 3.49. The summed E-state index contributed by atoms with van der Waals surface area (Å²) in [7, 11) is 2.90. The van der Waals surface area contributed by atoms with Gasteiger partial charge in [-0.1, -0.05) is 29.4 Å². The zero-order valence-electron chi connectivity index (χ0n) is 18.7. The van der Waals surface area contributed by atoms with Crippen LogP contribution in [0.3, 0.4) is 0 Å². The van der Waals surface area contributed by atoms with Crippen LogP contribution < -0.4 is 16.0 Å². The number of esters is 1. The molecule has 2 aromatic carbocycles. The summed E-state index contributed by atoms with van der Waals surface area (Å²) in [4.78, 5) is 37.1. The molecule has 0 radical (unpaired) electrons. The van der Waals surface area contributed by atoms with Crippen LogP contribution in [0, 0.1) is 13.8 Å². The number of carbonyl (C=O) groups excluding carboxylic acids is 1. The molecule has 2 aromatic heterocycles. The molecule has 4 aromatic rings. The molecule has 0 fully saturated rings. The maximum absolute atomic E-state index is 13.0. The summed E-state index contributed by atoms with van der Waals surface area (Å²) < 4.78 is 18.9. The first-order valence-corrected chi connectivity index (χ1v) is 10.3. The minimum Gasteiger partial charge on any atom is -0.488 e. The maximum Gasteiger partial charge on any atom is 0.342 e. The summed E-state index contributed by atoms with van der Waals surface area (Å²) in [5.41, 5.74) is 1.06. The van der Waals surface area contributed by atoms with E-state index in [0.29, 0.717) is 17.2 Å². The topological polar surface area (TPSA) is 106 Å². The van der Waals surface area contributed by atoms with Gasteiger partial charge in [0.05, 0.1) is 17.0 Å². The van der Waals surface area contributed by atoms with E-state index in [4.69, 9.17) is 14.0 Å². The molecule has 0 saturated carbocycles. The number of nitrogens with zero attached hydrogens (tertiary/aromatic N) is 3. The number of hydrogen-bond donors (Lipinski definition) is 0. The van der Waals surface area contributed by atoms with Crippen molar-refractivity contribution < 1.29 is 18.8 Å². The molecule has 0 spiro atoms. The van der Waals surface area contributed by atoms with Crippen molar-refractivity contribution in [1.29, 1.82) is 0 Å². The molecular formula is C24H23N3O6. The van der Waals surface area contributed by atoms with Crippen molar-refractivity contribution in [3.05, 3.63) is 91.6 Å². The average molecular weight is 449 g/mol. The number of aromatic nitrogens is 3. The summed E-state index contributed by atoms with van der Waals surface area (Å²) >= 11 is 0. The minimum atomic E-state index is -0.636. The van der Waals surface area contributed by atoms with Gasteiger partial charge < -0.3 is 14.0 Å². The van der Waals surface area contributed by atoms with Crippen LogP contribution in [0.5, 0.6) is 5.75 Å². The Morgan fingerprint density at radius 3 is 2.36 bits per heavy atom. The second kappa shape index (κ2) is 8.78. The quantitative estimate of drug-likeness (QED) is 0.417. The standard InChI is InChI=1S/C24H23N3O6/c1-14-20(15(2)33-25-14)13-31-21-10-17-8-6-5-7-16(17)9-19(21)23(29)32-12-18-11-22(28)27(4)24(30)26(18)3/h5-11H,12-13H2,1-4H3. The van der Waals surface area contributed by atoms with E-state index in [0.717, 1.165) is 20.9 Å². The van der Waals surface area contributed by atoms with Crippen LogP contribution in [-0.2, 0) is 32.0 Å². The number of rotatable bonds is 6. The van der Waals surface area contributed by atoms with Gasteiger partial charge in [-0.3, -0.25) is 13.9 Å². The Kier molecular flexibility index (Phi) is 5.87. The molecule has 9 nitrogen and oxygen atoms in total. The molecule has 0 aliphatic rings. The van der Waals surface area contributed by atoms with Gasteiger partial charge in [-0.25, -0.2) is 9.59 Å². The van der Waals surface area contributed by atoms with E-state index in [1.54, 1.807) is 19.1 Å². The van der Waals surface area contributed by atoms with Crippen LogP contribution in [-0.4, -0.2) is 20.3 Å². The number of ether oxygens (including phenoxy) is 2. The molecule has 0 aliphatic carbocycles. The van der Waals surface area contributed by atoms with Crippen LogP contribution in [0.1, 0.15) is 33.1 Å². The van der Waals surface area contributed by atoms with E-state index in [9.17, 15) is 14.4 Å². The van der Waals surface area contributed by atoms with Gasteiger partial charge in [-0.15, -0.1) is 0 Å². The molecule has 0 aliphatic heterocycles. The first-order valence-electron chi connectivity index (χ1n) is 10.3. The summed E-state index contributed by atoms with van der Waals surface area (Å²) in [6.07, 6.45) is 0. The Morgan fingerprint density at radius 1 is 1.00 bits per heavy atom. The van der Waals surface area contributed by atoms with E-state index >= 15 is 0 Å². The Balaban J connectivity index is 1.64. The van der Waals surface area contributed by atoms with Crippen molar-refractivity contribution >= 4 is 16.7 Å². The lowest BCUT2D eigenvalue weighted by atomic mass is 10.1. The van der Waals surface area contributed by atoms with E-state index in [1.807, 2.05) is 31.2 Å². The summed E-state index contributed by atoms with van der Waals surface area (Å²) in [6, 6.07) is 12.3. The lowest BCUT2D eigenvalue weighted by Gasteiger charge is -2.14. The van der Waals surface area contributed by atoms with Crippen LogP contribution >= 0.6 is 0 Å². The lowest BCUT2D eigenvalue weighted by molar-refractivity contribution is 0.0458. The largest absolute Gasteiger partial charge is 0.488 e. The summed E-state index contributed by atoms with van der Waals surface area (Å²) in [5.74, 6) is 0.350. The van der Waals surface area contributed by atoms with Gasteiger partial charge in [0.25, 0.3) is 5.56 Å². The number of aryl methyl sites for hydroxylation is 2. The van der Waals surface area contributed by atoms with Gasteiger partial charge in [0.2, 0.25) is 0 Å². The predicted molar refractivity (Wildman–Crippen MR) is 120 cm³/mol. The second-order valence-electron chi connectivity index (χ2n) is 7.74. The molecule has 0 N–H and O–H groups in total. The monoisotopic (exact) mass is 449 g/mol. The first-order chi connectivity index (χ1) is 15.8. The van der Waals surface area contributed by atoms with Crippen molar-refractivity contribution in [1.82, 2.24) is 14.3 Å². The number of fused-ring (bicyclic) bond motifs is 1. The van der Waals surface area contributed by atoms with E-state index < -0.39 is 17.2 Å². The third-order valence-electron chi connectivity index (χ3n) is 5.60. The molecule has 170 valence electrons. The van der Waals surface area contributed by atoms with Gasteiger partial charge in [-0.2, -0.15) is 0 Å². The number of carbonyl (C=O) groups is 1. The zero-order valence-corrected chi connectivity index (χ0v) is 18.7. The molecule has 0 bridgehead atoms. The molecule has 2 heterocycles.